The molecule has 0 aromatic carbocycles. The van der Waals surface area contributed by atoms with Crippen LogP contribution in [0.1, 0.15) is 56.9 Å². The number of fused-ring (bicyclic) bond motifs is 2. The molecule has 2 saturated heterocycles. The Morgan fingerprint density at radius 1 is 1.00 bits per heavy atom. The molecule has 2 unspecified atom stereocenters. The maximum atomic E-state index is 11.5. The van der Waals surface area contributed by atoms with Gasteiger partial charge in [-0.3, -0.25) is 4.79 Å². The van der Waals surface area contributed by atoms with E-state index in [2.05, 4.69) is 16.8 Å². The highest BCUT2D eigenvalue weighted by Crippen LogP contribution is 2.37. The Hall–Kier alpha value is -1.49. The van der Waals surface area contributed by atoms with Gasteiger partial charge in [-0.25, -0.2) is 9.97 Å². The molecular weight excluding hydrogens is 300 g/mol. The predicted octanol–water partition coefficient (Wildman–Crippen LogP) is 2.62. The maximum Gasteiger partial charge on any atom is 0.225 e. The first-order chi connectivity index (χ1) is 11.6. The molecule has 130 valence electrons. The summed E-state index contributed by atoms with van der Waals surface area (Å²) in [5.74, 6) is 2.07. The second-order valence-electron chi connectivity index (χ2n) is 7.99. The van der Waals surface area contributed by atoms with Crippen molar-refractivity contribution in [2.45, 2.75) is 63.5 Å². The highest BCUT2D eigenvalue weighted by atomic mass is 16.1. The van der Waals surface area contributed by atoms with Crippen molar-refractivity contribution in [3.05, 3.63) is 18.0 Å². The standard InChI is InChI=1S/C19H28N4O/c1-13(24)14-3-5-15(6-4-14)16-9-20-19(21-10-16)23-17-7-8-18(23)12-22(2)11-17/h9-10,14-15,17-18H,3-8,11-12H2,1-2H3/t14-,15-,17?,18?. The molecule has 2 aliphatic heterocycles. The molecule has 3 heterocycles. The minimum atomic E-state index is 0.280. The summed E-state index contributed by atoms with van der Waals surface area (Å²) >= 11 is 0. The molecule has 4 rings (SSSR count). The zero-order chi connectivity index (χ0) is 16.7. The number of hydrogen-bond donors (Lipinski definition) is 0. The molecule has 5 heteroatoms. The Labute approximate surface area is 144 Å². The van der Waals surface area contributed by atoms with E-state index in [4.69, 9.17) is 9.97 Å². The van der Waals surface area contributed by atoms with Crippen LogP contribution in [0.4, 0.5) is 5.95 Å². The number of likely N-dealkylation sites (tertiary alicyclic amines) is 1. The molecule has 1 aromatic heterocycles. The third kappa shape index (κ3) is 2.94. The molecule has 3 fully saturated rings. The lowest BCUT2D eigenvalue weighted by Gasteiger charge is -2.39. The number of Topliss-reactive ketones (excluding diaryl/α,β-unsaturated/α-hetero) is 1. The third-order valence-corrected chi connectivity index (χ3v) is 6.33. The highest BCUT2D eigenvalue weighted by Gasteiger charge is 2.40. The average Bonchev–Trinajstić information content (AvgIpc) is 2.86. The van der Waals surface area contributed by atoms with Crippen LogP contribution in [0.2, 0.25) is 0 Å². The molecule has 0 amide bonds. The second-order valence-corrected chi connectivity index (χ2v) is 7.99. The van der Waals surface area contributed by atoms with Gasteiger partial charge in [-0.1, -0.05) is 0 Å². The number of anilines is 1. The summed E-state index contributed by atoms with van der Waals surface area (Å²) in [5, 5.41) is 0. The van der Waals surface area contributed by atoms with Crippen molar-refractivity contribution in [1.29, 1.82) is 0 Å². The first-order valence-electron chi connectivity index (χ1n) is 9.41. The van der Waals surface area contributed by atoms with Crippen LogP contribution in [0.5, 0.6) is 0 Å². The Kier molecular flexibility index (Phi) is 4.29. The van der Waals surface area contributed by atoms with E-state index in [1.54, 1.807) is 6.92 Å². The van der Waals surface area contributed by atoms with Gasteiger partial charge >= 0.3 is 0 Å². The molecule has 1 aromatic rings. The van der Waals surface area contributed by atoms with Gasteiger partial charge in [-0.2, -0.15) is 0 Å². The molecule has 5 nitrogen and oxygen atoms in total. The smallest absolute Gasteiger partial charge is 0.225 e. The summed E-state index contributed by atoms with van der Waals surface area (Å²) in [5.41, 5.74) is 1.25. The lowest BCUT2D eigenvalue weighted by atomic mass is 9.78. The fourth-order valence-electron chi connectivity index (χ4n) is 4.95. The van der Waals surface area contributed by atoms with Gasteiger partial charge in [0.05, 0.1) is 0 Å². The predicted molar refractivity (Wildman–Crippen MR) is 94.2 cm³/mol. The fraction of sp³-hybridized carbons (Fsp3) is 0.737. The average molecular weight is 328 g/mol. The van der Waals surface area contributed by atoms with Crippen LogP contribution in [0, 0.1) is 5.92 Å². The van der Waals surface area contributed by atoms with Crippen LogP contribution in [0.25, 0.3) is 0 Å². The van der Waals surface area contributed by atoms with Crippen molar-refractivity contribution in [3.8, 4) is 0 Å². The second kappa shape index (κ2) is 6.43. The van der Waals surface area contributed by atoms with E-state index in [0.29, 0.717) is 23.8 Å². The van der Waals surface area contributed by atoms with Crippen molar-refractivity contribution < 1.29 is 4.79 Å². The quantitative estimate of drug-likeness (QED) is 0.854. The van der Waals surface area contributed by atoms with Crippen molar-refractivity contribution in [2.24, 2.45) is 5.92 Å². The van der Waals surface area contributed by atoms with Crippen LogP contribution >= 0.6 is 0 Å². The molecule has 0 N–H and O–H groups in total. The van der Waals surface area contributed by atoms with E-state index in [1.807, 2.05) is 12.4 Å². The van der Waals surface area contributed by atoms with Crippen LogP contribution in [0.3, 0.4) is 0 Å². The molecule has 0 spiro atoms. The molecule has 0 radical (unpaired) electrons. The number of piperazine rings is 1. The lowest BCUT2D eigenvalue weighted by molar-refractivity contribution is -0.121. The summed E-state index contributed by atoms with van der Waals surface area (Å²) in [7, 11) is 2.21. The van der Waals surface area contributed by atoms with Crippen molar-refractivity contribution in [2.75, 3.05) is 25.0 Å². The first-order valence-corrected chi connectivity index (χ1v) is 9.41. The molecule has 1 aliphatic carbocycles. The van der Waals surface area contributed by atoms with Crippen LogP contribution in [0.15, 0.2) is 12.4 Å². The summed E-state index contributed by atoms with van der Waals surface area (Å²) < 4.78 is 0. The van der Waals surface area contributed by atoms with Crippen LogP contribution < -0.4 is 4.90 Å². The number of carbonyl (C=O) groups excluding carboxylic acids is 1. The van der Waals surface area contributed by atoms with E-state index in [-0.39, 0.29) is 5.92 Å². The van der Waals surface area contributed by atoms with Gasteiger partial charge in [0.15, 0.2) is 0 Å². The van der Waals surface area contributed by atoms with E-state index in [9.17, 15) is 4.79 Å². The van der Waals surface area contributed by atoms with Gasteiger partial charge in [0.1, 0.15) is 5.78 Å². The molecule has 1 saturated carbocycles. The first kappa shape index (κ1) is 16.0. The van der Waals surface area contributed by atoms with Crippen molar-refractivity contribution >= 4 is 11.7 Å². The third-order valence-electron chi connectivity index (χ3n) is 6.33. The van der Waals surface area contributed by atoms with Crippen molar-refractivity contribution in [3.63, 3.8) is 0 Å². The number of aromatic nitrogens is 2. The Balaban J connectivity index is 1.43. The zero-order valence-electron chi connectivity index (χ0n) is 14.8. The zero-order valence-corrected chi connectivity index (χ0v) is 14.8. The van der Waals surface area contributed by atoms with Crippen LogP contribution in [-0.4, -0.2) is 52.9 Å². The highest BCUT2D eigenvalue weighted by molar-refractivity contribution is 5.78. The summed E-state index contributed by atoms with van der Waals surface area (Å²) in [6, 6.07) is 1.15. The van der Waals surface area contributed by atoms with E-state index >= 15 is 0 Å². The molecule has 2 bridgehead atoms. The number of carbonyl (C=O) groups is 1. The summed E-state index contributed by atoms with van der Waals surface area (Å²) in [6.07, 6.45) is 10.8. The van der Waals surface area contributed by atoms with E-state index in [0.717, 1.165) is 44.7 Å². The van der Waals surface area contributed by atoms with Crippen LogP contribution in [-0.2, 0) is 4.79 Å². The van der Waals surface area contributed by atoms with Gasteiger partial charge in [-0.05, 0) is 64.0 Å². The summed E-state index contributed by atoms with van der Waals surface area (Å²) in [4.78, 5) is 25.9. The maximum absolute atomic E-state index is 11.5. The number of nitrogens with zero attached hydrogens (tertiary/aromatic N) is 4. The molecular formula is C19H28N4O. The lowest BCUT2D eigenvalue weighted by Crippen LogP contribution is -2.53. The number of ketones is 1. The van der Waals surface area contributed by atoms with Gasteiger partial charge in [0, 0.05) is 43.5 Å². The van der Waals surface area contributed by atoms with Gasteiger partial charge in [0.25, 0.3) is 0 Å². The minimum Gasteiger partial charge on any atom is -0.332 e. The largest absolute Gasteiger partial charge is 0.332 e. The van der Waals surface area contributed by atoms with Crippen molar-refractivity contribution in [1.82, 2.24) is 14.9 Å². The SMILES string of the molecule is CC(=O)[C@H]1CC[C@H](c2cnc(N3C4CCC3CN(C)C4)nc2)CC1. The number of rotatable bonds is 3. The van der Waals surface area contributed by atoms with Gasteiger partial charge in [-0.15, -0.1) is 0 Å². The Morgan fingerprint density at radius 2 is 1.58 bits per heavy atom. The number of hydrogen-bond acceptors (Lipinski definition) is 5. The minimum absolute atomic E-state index is 0.280. The topological polar surface area (TPSA) is 49.3 Å². The molecule has 2 atom stereocenters. The number of likely N-dealkylation sites (N-methyl/N-ethyl adjacent to an activating group) is 1. The van der Waals surface area contributed by atoms with E-state index < -0.39 is 0 Å². The Bertz CT molecular complexity index is 580. The monoisotopic (exact) mass is 328 g/mol. The molecule has 24 heavy (non-hydrogen) atoms. The van der Waals surface area contributed by atoms with Gasteiger partial charge < -0.3 is 9.80 Å². The Morgan fingerprint density at radius 3 is 2.12 bits per heavy atom. The normalized spacial score (nSPS) is 33.7. The van der Waals surface area contributed by atoms with Gasteiger partial charge in [0.2, 0.25) is 5.95 Å². The molecule has 3 aliphatic rings. The fourth-order valence-corrected chi connectivity index (χ4v) is 4.95. The van der Waals surface area contributed by atoms with E-state index in [1.165, 1.54) is 18.4 Å². The summed E-state index contributed by atoms with van der Waals surface area (Å²) in [6.45, 7) is 3.97.